The monoisotopic (exact) mass is 492 g/mol. The summed E-state index contributed by atoms with van der Waals surface area (Å²) in [5, 5.41) is 30.5. The number of amides is 1. The SMILES string of the molecule is CCCN(CCC)C(O)C1=Cc2ccc(-c3ccc(C(=O)N4C[C@@H](O)[C@H](O)C4)cc3)cc2N=C(N)C1. The van der Waals surface area contributed by atoms with Gasteiger partial charge in [0.15, 0.2) is 0 Å². The van der Waals surface area contributed by atoms with Crippen LogP contribution in [0.5, 0.6) is 0 Å². The molecule has 1 unspecified atom stereocenters. The number of fused-ring (bicyclic) bond motifs is 1. The fourth-order valence-electron chi connectivity index (χ4n) is 4.85. The zero-order valence-corrected chi connectivity index (χ0v) is 21.0. The number of carbonyl (C=O) groups excluding carboxylic acids is 1. The van der Waals surface area contributed by atoms with Crippen LogP contribution in [0.15, 0.2) is 53.0 Å². The Morgan fingerprint density at radius 1 is 1.06 bits per heavy atom. The smallest absolute Gasteiger partial charge is 0.254 e. The van der Waals surface area contributed by atoms with Gasteiger partial charge in [-0.15, -0.1) is 0 Å². The lowest BCUT2D eigenvalue weighted by Crippen LogP contribution is -2.38. The predicted molar refractivity (Wildman–Crippen MR) is 142 cm³/mol. The van der Waals surface area contributed by atoms with E-state index in [1.165, 1.54) is 4.90 Å². The summed E-state index contributed by atoms with van der Waals surface area (Å²) in [6.07, 6.45) is 1.81. The zero-order valence-electron chi connectivity index (χ0n) is 21.0. The van der Waals surface area contributed by atoms with Gasteiger partial charge < -0.3 is 26.0 Å². The molecule has 2 aliphatic rings. The van der Waals surface area contributed by atoms with Crippen LogP contribution in [-0.4, -0.2) is 81.5 Å². The number of amidine groups is 1. The van der Waals surface area contributed by atoms with E-state index in [-0.39, 0.29) is 19.0 Å². The van der Waals surface area contributed by atoms with E-state index in [9.17, 15) is 20.1 Å². The number of likely N-dealkylation sites (tertiary alicyclic amines) is 1. The van der Waals surface area contributed by atoms with Crippen molar-refractivity contribution in [2.24, 2.45) is 10.7 Å². The lowest BCUT2D eigenvalue weighted by molar-refractivity contribution is 0.0323. The summed E-state index contributed by atoms with van der Waals surface area (Å²) >= 11 is 0. The molecule has 4 rings (SSSR count). The molecule has 0 radical (unpaired) electrons. The van der Waals surface area contributed by atoms with E-state index in [2.05, 4.69) is 23.7 Å². The quantitative estimate of drug-likeness (QED) is 0.420. The van der Waals surface area contributed by atoms with E-state index in [0.29, 0.717) is 17.8 Å². The molecule has 0 saturated carbocycles. The van der Waals surface area contributed by atoms with Gasteiger partial charge in [-0.2, -0.15) is 0 Å². The minimum atomic E-state index is -0.905. The molecule has 2 aromatic rings. The number of hydrogen-bond donors (Lipinski definition) is 4. The maximum Gasteiger partial charge on any atom is 0.254 e. The van der Waals surface area contributed by atoms with Crippen LogP contribution < -0.4 is 5.73 Å². The molecule has 2 heterocycles. The molecule has 8 heteroatoms. The Labute approximate surface area is 212 Å². The Hall–Kier alpha value is -3.04. The van der Waals surface area contributed by atoms with Crippen molar-refractivity contribution in [3.63, 3.8) is 0 Å². The molecule has 0 spiro atoms. The topological polar surface area (TPSA) is 123 Å². The van der Waals surface area contributed by atoms with Crippen molar-refractivity contribution in [2.45, 2.75) is 51.5 Å². The molecular formula is C28H36N4O4. The van der Waals surface area contributed by atoms with Gasteiger partial charge in [-0.25, -0.2) is 4.99 Å². The van der Waals surface area contributed by atoms with Gasteiger partial charge in [0, 0.05) is 43.7 Å². The van der Waals surface area contributed by atoms with Crippen molar-refractivity contribution >= 4 is 23.5 Å². The van der Waals surface area contributed by atoms with E-state index < -0.39 is 18.4 Å². The normalized spacial score (nSPS) is 20.6. The first-order valence-electron chi connectivity index (χ1n) is 12.7. The summed E-state index contributed by atoms with van der Waals surface area (Å²) in [4.78, 5) is 20.9. The van der Waals surface area contributed by atoms with E-state index >= 15 is 0 Å². The molecule has 1 amide bonds. The number of aliphatic hydroxyl groups is 3. The Morgan fingerprint density at radius 3 is 2.28 bits per heavy atom. The fraction of sp³-hybridized carbons (Fsp3) is 0.429. The van der Waals surface area contributed by atoms with Crippen LogP contribution in [0.3, 0.4) is 0 Å². The van der Waals surface area contributed by atoms with Gasteiger partial charge in [-0.3, -0.25) is 9.69 Å². The number of nitrogens with zero attached hydrogens (tertiary/aromatic N) is 3. The van der Waals surface area contributed by atoms with Crippen LogP contribution in [0.1, 0.15) is 49.0 Å². The molecule has 2 aromatic carbocycles. The molecule has 2 aliphatic heterocycles. The Kier molecular flexibility index (Phi) is 8.21. The number of carbonyl (C=O) groups is 1. The second kappa shape index (κ2) is 11.3. The third-order valence-corrected chi connectivity index (χ3v) is 6.73. The number of β-amino-alcohol motifs (C(OH)–C–C–N with tert-alkyl or cyclic N) is 2. The highest BCUT2D eigenvalue weighted by molar-refractivity contribution is 5.95. The first-order valence-corrected chi connectivity index (χ1v) is 12.7. The van der Waals surface area contributed by atoms with Crippen LogP contribution in [0.2, 0.25) is 0 Å². The summed E-state index contributed by atoms with van der Waals surface area (Å²) in [6.45, 7) is 6.09. The number of aliphatic imine (C=N–C) groups is 1. The maximum absolute atomic E-state index is 12.7. The summed E-state index contributed by atoms with van der Waals surface area (Å²) in [6, 6.07) is 13.2. The van der Waals surface area contributed by atoms with Crippen molar-refractivity contribution < 1.29 is 20.1 Å². The van der Waals surface area contributed by atoms with Crippen molar-refractivity contribution in [3.05, 3.63) is 59.2 Å². The highest BCUT2D eigenvalue weighted by atomic mass is 16.3. The van der Waals surface area contributed by atoms with E-state index in [1.54, 1.807) is 12.1 Å². The second-order valence-electron chi connectivity index (χ2n) is 9.60. The average molecular weight is 493 g/mol. The van der Waals surface area contributed by atoms with Gasteiger partial charge in [-0.1, -0.05) is 38.1 Å². The van der Waals surface area contributed by atoms with Crippen molar-refractivity contribution in [1.29, 1.82) is 0 Å². The van der Waals surface area contributed by atoms with Gasteiger partial charge >= 0.3 is 0 Å². The molecule has 0 bridgehead atoms. The predicted octanol–water partition coefficient (Wildman–Crippen LogP) is 2.75. The van der Waals surface area contributed by atoms with Crippen LogP contribution >= 0.6 is 0 Å². The number of benzene rings is 2. The number of rotatable bonds is 8. The zero-order chi connectivity index (χ0) is 25.8. The minimum absolute atomic E-state index is 0.130. The molecule has 36 heavy (non-hydrogen) atoms. The number of nitrogens with two attached hydrogens (primary N) is 1. The molecule has 0 aliphatic carbocycles. The summed E-state index contributed by atoms with van der Waals surface area (Å²) in [7, 11) is 0. The first-order chi connectivity index (χ1) is 17.3. The molecular weight excluding hydrogens is 456 g/mol. The molecule has 5 N–H and O–H groups in total. The Bertz CT molecular complexity index is 1130. The van der Waals surface area contributed by atoms with Gasteiger partial charge in [0.2, 0.25) is 0 Å². The third kappa shape index (κ3) is 5.68. The van der Waals surface area contributed by atoms with Crippen LogP contribution in [0.25, 0.3) is 17.2 Å². The largest absolute Gasteiger partial charge is 0.388 e. The highest BCUT2D eigenvalue weighted by Crippen LogP contribution is 2.33. The lowest BCUT2D eigenvalue weighted by atomic mass is 9.99. The van der Waals surface area contributed by atoms with Crippen molar-refractivity contribution in [2.75, 3.05) is 26.2 Å². The lowest BCUT2D eigenvalue weighted by Gasteiger charge is -2.28. The number of aliphatic hydroxyl groups excluding tert-OH is 3. The van der Waals surface area contributed by atoms with Crippen molar-refractivity contribution in [3.8, 4) is 11.1 Å². The standard InChI is InChI=1S/C28H36N4O4/c1-3-11-31(12-4-2)28(36)22-13-21-10-9-20(14-23(21)30-26(29)15-22)18-5-7-19(8-6-18)27(35)32-16-24(33)25(34)17-32/h5-10,13-14,24-25,28,33-34,36H,3-4,11-12,15-17H2,1-2H3,(H2,29,30)/t24-,25-,28?/m1/s1. The maximum atomic E-state index is 12.7. The summed E-state index contributed by atoms with van der Waals surface area (Å²) in [5.74, 6) is 0.243. The van der Waals surface area contributed by atoms with Crippen molar-refractivity contribution in [1.82, 2.24) is 9.80 Å². The number of hydrogen-bond acceptors (Lipinski definition) is 7. The Morgan fingerprint density at radius 2 is 1.67 bits per heavy atom. The fourth-order valence-corrected chi connectivity index (χ4v) is 4.85. The molecule has 3 atom stereocenters. The molecule has 1 fully saturated rings. The third-order valence-electron chi connectivity index (χ3n) is 6.73. The van der Waals surface area contributed by atoms with Crippen LogP contribution in [0.4, 0.5) is 5.69 Å². The molecule has 1 saturated heterocycles. The van der Waals surface area contributed by atoms with Crippen LogP contribution in [-0.2, 0) is 0 Å². The second-order valence-corrected chi connectivity index (χ2v) is 9.60. The van der Waals surface area contributed by atoms with E-state index in [1.807, 2.05) is 36.4 Å². The van der Waals surface area contributed by atoms with Crippen LogP contribution in [0, 0.1) is 0 Å². The van der Waals surface area contributed by atoms with Gasteiger partial charge in [0.1, 0.15) is 12.1 Å². The minimum Gasteiger partial charge on any atom is -0.388 e. The summed E-state index contributed by atoms with van der Waals surface area (Å²) < 4.78 is 0. The van der Waals surface area contributed by atoms with E-state index in [0.717, 1.165) is 53.9 Å². The summed E-state index contributed by atoms with van der Waals surface area (Å²) in [5.41, 5.74) is 11.1. The molecule has 192 valence electrons. The van der Waals surface area contributed by atoms with Gasteiger partial charge in [0.05, 0.1) is 17.9 Å². The molecule has 0 aromatic heterocycles. The molecule has 8 nitrogen and oxygen atoms in total. The Balaban J connectivity index is 1.56. The average Bonchev–Trinajstić information content (AvgIpc) is 3.11. The van der Waals surface area contributed by atoms with Gasteiger partial charge in [0.25, 0.3) is 5.91 Å². The van der Waals surface area contributed by atoms with Gasteiger partial charge in [-0.05, 0) is 53.8 Å². The first kappa shape index (κ1) is 26.0. The van der Waals surface area contributed by atoms with E-state index in [4.69, 9.17) is 5.73 Å². The highest BCUT2D eigenvalue weighted by Gasteiger charge is 2.33.